The number of nitrogens with zero attached hydrogens (tertiary/aromatic N) is 6. The van der Waals surface area contributed by atoms with E-state index in [2.05, 4.69) is 33.7 Å². The zero-order valence-corrected chi connectivity index (χ0v) is 15.8. The van der Waals surface area contributed by atoms with E-state index in [0.717, 1.165) is 56.0 Å². The molecule has 0 N–H and O–H groups in total. The fourth-order valence-corrected chi connectivity index (χ4v) is 3.72. The van der Waals surface area contributed by atoms with E-state index in [4.69, 9.17) is 4.98 Å². The average Bonchev–Trinajstić information content (AvgIpc) is 3.23. The Morgan fingerprint density at radius 3 is 2.81 bits per heavy atom. The minimum absolute atomic E-state index is 0.218. The Bertz CT molecular complexity index is 900. The highest BCUT2D eigenvalue weighted by Gasteiger charge is 2.20. The van der Waals surface area contributed by atoms with E-state index in [1.807, 2.05) is 34.0 Å². The standard InChI is InChI=1S/C20H26N6O/c1-23-18-7-3-2-6-17(18)22-19(23)16-24-10-5-11-25(15-14-24)20(27)8-13-26-12-4-9-21-26/h2-4,6-7,9,12H,5,8,10-11,13-16H2,1H3. The van der Waals surface area contributed by atoms with E-state index in [9.17, 15) is 4.79 Å². The molecule has 7 heteroatoms. The Balaban J connectivity index is 1.34. The van der Waals surface area contributed by atoms with Crippen LogP contribution in [-0.2, 0) is 24.9 Å². The average molecular weight is 366 g/mol. The van der Waals surface area contributed by atoms with Gasteiger partial charge in [0.05, 0.1) is 17.6 Å². The molecule has 1 aliphatic rings. The van der Waals surface area contributed by atoms with Crippen LogP contribution < -0.4 is 0 Å². The van der Waals surface area contributed by atoms with Crippen molar-refractivity contribution in [2.24, 2.45) is 7.05 Å². The number of carbonyl (C=O) groups excluding carboxylic acids is 1. The highest BCUT2D eigenvalue weighted by atomic mass is 16.2. The van der Waals surface area contributed by atoms with Crippen molar-refractivity contribution in [1.82, 2.24) is 29.1 Å². The number of hydrogen-bond acceptors (Lipinski definition) is 4. The zero-order valence-electron chi connectivity index (χ0n) is 15.8. The monoisotopic (exact) mass is 366 g/mol. The van der Waals surface area contributed by atoms with E-state index < -0.39 is 0 Å². The van der Waals surface area contributed by atoms with Crippen molar-refractivity contribution in [3.8, 4) is 0 Å². The van der Waals surface area contributed by atoms with E-state index >= 15 is 0 Å². The molecule has 0 radical (unpaired) electrons. The molecule has 0 aliphatic carbocycles. The number of imidazole rings is 1. The van der Waals surface area contributed by atoms with Crippen molar-refractivity contribution in [2.45, 2.75) is 25.9 Å². The van der Waals surface area contributed by atoms with E-state index in [0.29, 0.717) is 13.0 Å². The molecule has 0 unspecified atom stereocenters. The lowest BCUT2D eigenvalue weighted by molar-refractivity contribution is -0.131. The van der Waals surface area contributed by atoms with Gasteiger partial charge in [-0.15, -0.1) is 0 Å². The Hall–Kier alpha value is -2.67. The number of aryl methyl sites for hydroxylation is 2. The van der Waals surface area contributed by atoms with Crippen LogP contribution in [0.5, 0.6) is 0 Å². The molecule has 0 bridgehead atoms. The lowest BCUT2D eigenvalue weighted by atomic mass is 10.3. The predicted molar refractivity (Wildman–Crippen MR) is 104 cm³/mol. The number of carbonyl (C=O) groups is 1. The summed E-state index contributed by atoms with van der Waals surface area (Å²) in [5.41, 5.74) is 2.21. The van der Waals surface area contributed by atoms with Crippen LogP contribution in [0.4, 0.5) is 0 Å². The third-order valence-corrected chi connectivity index (χ3v) is 5.30. The van der Waals surface area contributed by atoms with Crippen LogP contribution in [0.25, 0.3) is 11.0 Å². The minimum atomic E-state index is 0.218. The van der Waals surface area contributed by atoms with Gasteiger partial charge in [0.25, 0.3) is 0 Å². The summed E-state index contributed by atoms with van der Waals surface area (Å²) in [4.78, 5) is 21.7. The number of rotatable bonds is 5. The van der Waals surface area contributed by atoms with E-state index in [-0.39, 0.29) is 5.91 Å². The van der Waals surface area contributed by atoms with Gasteiger partial charge >= 0.3 is 0 Å². The topological polar surface area (TPSA) is 59.2 Å². The summed E-state index contributed by atoms with van der Waals surface area (Å²) in [6, 6.07) is 10.1. The normalized spacial score (nSPS) is 16.0. The highest BCUT2D eigenvalue weighted by Crippen LogP contribution is 2.16. The van der Waals surface area contributed by atoms with Gasteiger partial charge in [0.1, 0.15) is 5.82 Å². The lowest BCUT2D eigenvalue weighted by Gasteiger charge is -2.22. The van der Waals surface area contributed by atoms with Crippen LogP contribution in [-0.4, -0.2) is 61.2 Å². The summed E-state index contributed by atoms with van der Waals surface area (Å²) in [5, 5.41) is 4.17. The molecule has 4 rings (SSSR count). The largest absolute Gasteiger partial charge is 0.341 e. The van der Waals surface area contributed by atoms with Crippen LogP contribution in [0, 0.1) is 0 Å². The Labute approximate surface area is 159 Å². The van der Waals surface area contributed by atoms with E-state index in [1.165, 1.54) is 0 Å². The molecule has 1 aliphatic heterocycles. The van der Waals surface area contributed by atoms with Crippen molar-refractivity contribution in [3.63, 3.8) is 0 Å². The van der Waals surface area contributed by atoms with Crippen molar-refractivity contribution in [1.29, 1.82) is 0 Å². The number of para-hydroxylation sites is 2. The van der Waals surface area contributed by atoms with Crippen molar-refractivity contribution >= 4 is 16.9 Å². The Morgan fingerprint density at radius 2 is 2.00 bits per heavy atom. The summed E-state index contributed by atoms with van der Waals surface area (Å²) in [7, 11) is 2.08. The molecule has 1 amide bonds. The molecule has 1 fully saturated rings. The van der Waals surface area contributed by atoms with Gasteiger partial charge in [-0.2, -0.15) is 5.10 Å². The first-order chi connectivity index (χ1) is 13.2. The quantitative estimate of drug-likeness (QED) is 0.692. The molecule has 142 valence electrons. The summed E-state index contributed by atoms with van der Waals surface area (Å²) in [5.74, 6) is 1.30. The third kappa shape index (κ3) is 4.03. The first-order valence-electron chi connectivity index (χ1n) is 9.58. The van der Waals surface area contributed by atoms with Gasteiger partial charge in [-0.25, -0.2) is 4.98 Å². The zero-order chi connectivity index (χ0) is 18.6. The maximum Gasteiger partial charge on any atom is 0.224 e. The second-order valence-electron chi connectivity index (χ2n) is 7.11. The van der Waals surface area contributed by atoms with Crippen LogP contribution in [0.3, 0.4) is 0 Å². The number of hydrogen-bond donors (Lipinski definition) is 0. The van der Waals surface area contributed by atoms with Crippen LogP contribution >= 0.6 is 0 Å². The molecule has 1 aromatic carbocycles. The van der Waals surface area contributed by atoms with Crippen LogP contribution in [0.1, 0.15) is 18.7 Å². The van der Waals surface area contributed by atoms with Crippen molar-refractivity contribution in [3.05, 3.63) is 48.5 Å². The molecule has 0 saturated carbocycles. The minimum Gasteiger partial charge on any atom is -0.341 e. The number of aromatic nitrogens is 4. The lowest BCUT2D eigenvalue weighted by Crippen LogP contribution is -2.35. The first kappa shape index (κ1) is 17.7. The fourth-order valence-electron chi connectivity index (χ4n) is 3.72. The van der Waals surface area contributed by atoms with Gasteiger partial charge in [-0.3, -0.25) is 14.4 Å². The van der Waals surface area contributed by atoms with Gasteiger partial charge in [0.2, 0.25) is 5.91 Å². The third-order valence-electron chi connectivity index (χ3n) is 5.30. The fraction of sp³-hybridized carbons (Fsp3) is 0.450. The van der Waals surface area contributed by atoms with E-state index in [1.54, 1.807) is 6.20 Å². The maximum absolute atomic E-state index is 12.5. The molecule has 7 nitrogen and oxygen atoms in total. The van der Waals surface area contributed by atoms with Gasteiger partial charge in [0.15, 0.2) is 0 Å². The van der Waals surface area contributed by atoms with Crippen LogP contribution in [0.2, 0.25) is 0 Å². The second-order valence-corrected chi connectivity index (χ2v) is 7.11. The molecule has 3 heterocycles. The molecule has 2 aromatic heterocycles. The Morgan fingerprint density at radius 1 is 1.11 bits per heavy atom. The highest BCUT2D eigenvalue weighted by molar-refractivity contribution is 5.76. The van der Waals surface area contributed by atoms with Gasteiger partial charge in [0, 0.05) is 58.6 Å². The molecular formula is C20H26N6O. The molecule has 0 spiro atoms. The van der Waals surface area contributed by atoms with Crippen molar-refractivity contribution < 1.29 is 4.79 Å². The van der Waals surface area contributed by atoms with Gasteiger partial charge < -0.3 is 9.47 Å². The number of fused-ring (bicyclic) bond motifs is 1. The van der Waals surface area contributed by atoms with Crippen LogP contribution in [0.15, 0.2) is 42.7 Å². The molecular weight excluding hydrogens is 340 g/mol. The second kappa shape index (κ2) is 7.92. The first-order valence-corrected chi connectivity index (χ1v) is 9.58. The van der Waals surface area contributed by atoms with Gasteiger partial charge in [-0.1, -0.05) is 12.1 Å². The number of benzene rings is 1. The summed E-state index contributed by atoms with van der Waals surface area (Å²) in [6.07, 6.45) is 5.15. The Kier molecular flexibility index (Phi) is 5.20. The van der Waals surface area contributed by atoms with Gasteiger partial charge in [-0.05, 0) is 24.6 Å². The summed E-state index contributed by atoms with van der Waals surface area (Å²) < 4.78 is 3.99. The maximum atomic E-state index is 12.5. The predicted octanol–water partition coefficient (Wildman–Crippen LogP) is 1.89. The molecule has 27 heavy (non-hydrogen) atoms. The smallest absolute Gasteiger partial charge is 0.224 e. The summed E-state index contributed by atoms with van der Waals surface area (Å²) in [6.45, 7) is 4.95. The molecule has 1 saturated heterocycles. The molecule has 3 aromatic rings. The SMILES string of the molecule is Cn1c(CN2CCCN(C(=O)CCn3cccn3)CC2)nc2ccccc21. The van der Waals surface area contributed by atoms with Crippen molar-refractivity contribution in [2.75, 3.05) is 26.2 Å². The molecule has 0 atom stereocenters. The number of amides is 1. The summed E-state index contributed by atoms with van der Waals surface area (Å²) >= 11 is 0.